The number of para-hydroxylation sites is 3. The van der Waals surface area contributed by atoms with Gasteiger partial charge in [-0.25, -0.2) is 0 Å². The number of imidazole rings is 1. The van der Waals surface area contributed by atoms with Crippen molar-refractivity contribution in [2.24, 2.45) is 5.41 Å². The van der Waals surface area contributed by atoms with E-state index in [9.17, 15) is 4.79 Å². The fraction of sp³-hybridized carbons (Fsp3) is 0.188. The van der Waals surface area contributed by atoms with Crippen LogP contribution < -0.4 is 10.9 Å². The fourth-order valence-corrected chi connectivity index (χ4v) is 4.95. The summed E-state index contributed by atoms with van der Waals surface area (Å²) in [7, 11) is 0. The summed E-state index contributed by atoms with van der Waals surface area (Å²) in [6.07, 6.45) is 0.446. The van der Waals surface area contributed by atoms with Gasteiger partial charge in [0.1, 0.15) is 0 Å². The molecule has 0 unspecified atom stereocenters. The van der Waals surface area contributed by atoms with E-state index in [0.29, 0.717) is 23.6 Å². The largest absolute Gasteiger partial charge is 0.325 e. The van der Waals surface area contributed by atoms with Crippen LogP contribution in [0, 0.1) is 10.8 Å². The molecule has 0 aliphatic heterocycles. The number of amides is 1. The molecule has 0 aliphatic carbocycles. The highest BCUT2D eigenvalue weighted by molar-refractivity contribution is 6.31. The Bertz CT molecular complexity index is 1670. The molecule has 1 amide bonds. The normalized spacial score (nSPS) is 11.6. The first-order chi connectivity index (χ1) is 18.2. The van der Waals surface area contributed by atoms with Crippen LogP contribution in [0.25, 0.3) is 27.8 Å². The Labute approximate surface area is 227 Å². The highest BCUT2D eigenvalue weighted by atomic mass is 35.5. The van der Waals surface area contributed by atoms with Gasteiger partial charge in [0.25, 0.3) is 0 Å². The molecule has 5 nitrogen and oxygen atoms in total. The van der Waals surface area contributed by atoms with Crippen molar-refractivity contribution < 1.29 is 4.79 Å². The third kappa shape index (κ3) is 5.29. The molecule has 5 aromatic rings. The van der Waals surface area contributed by atoms with Gasteiger partial charge in [-0.3, -0.25) is 14.8 Å². The molecule has 0 atom stereocenters. The molecule has 0 spiro atoms. The molecule has 0 saturated heterocycles. The Balaban J connectivity index is 1.51. The van der Waals surface area contributed by atoms with Crippen LogP contribution in [-0.2, 0) is 11.3 Å². The number of benzene rings is 4. The molecule has 192 valence electrons. The summed E-state index contributed by atoms with van der Waals surface area (Å²) in [5.74, 6) is 0.00213. The van der Waals surface area contributed by atoms with Crippen LogP contribution in [-0.4, -0.2) is 15.0 Å². The minimum atomic E-state index is -0.0864. The zero-order valence-electron chi connectivity index (χ0n) is 21.8. The van der Waals surface area contributed by atoms with Gasteiger partial charge in [-0.05, 0) is 52.9 Å². The Morgan fingerprint density at radius 2 is 1.47 bits per heavy atom. The maximum absolute atomic E-state index is 12.6. The number of aromatic nitrogens is 2. The predicted octanol–water partition coefficient (Wildman–Crippen LogP) is 7.65. The molecule has 4 aromatic carbocycles. The predicted molar refractivity (Wildman–Crippen MR) is 156 cm³/mol. The van der Waals surface area contributed by atoms with Gasteiger partial charge >= 0.3 is 0 Å². The summed E-state index contributed by atoms with van der Waals surface area (Å²) in [6.45, 7) is 6.67. The number of fused-ring (bicyclic) bond motifs is 1. The number of nitrogens with zero attached hydrogens (tertiary/aromatic N) is 2. The molecule has 0 radical (unpaired) electrons. The van der Waals surface area contributed by atoms with E-state index in [1.807, 2.05) is 106 Å². The second kappa shape index (κ2) is 10.3. The Hall–Kier alpha value is -4.09. The minimum Gasteiger partial charge on any atom is -0.325 e. The zero-order valence-corrected chi connectivity index (χ0v) is 22.6. The van der Waals surface area contributed by atoms with Crippen LogP contribution in [0.3, 0.4) is 0 Å². The van der Waals surface area contributed by atoms with Crippen LogP contribution >= 0.6 is 11.6 Å². The molecule has 2 N–H and O–H groups in total. The average Bonchev–Trinajstić information content (AvgIpc) is 3.16. The van der Waals surface area contributed by atoms with Crippen molar-refractivity contribution in [2.45, 2.75) is 33.7 Å². The fourth-order valence-electron chi connectivity index (χ4n) is 4.76. The Morgan fingerprint density at radius 1 is 0.842 bits per heavy atom. The number of carbonyl (C=O) groups excluding carboxylic acids is 1. The van der Waals surface area contributed by atoms with Crippen molar-refractivity contribution in [3.63, 3.8) is 0 Å². The average molecular weight is 523 g/mol. The first kappa shape index (κ1) is 25.6. The SMILES string of the molecule is CC(C)(C)CC(=O)Nc1ccccc1-c1ccc(-n2c(=N)n(Cc3ccccc3Cl)c3ccccc32)cc1. The topological polar surface area (TPSA) is 62.8 Å². The Morgan fingerprint density at radius 3 is 2.18 bits per heavy atom. The summed E-state index contributed by atoms with van der Waals surface area (Å²) < 4.78 is 3.93. The number of hydrogen-bond donors (Lipinski definition) is 2. The van der Waals surface area contributed by atoms with Crippen molar-refractivity contribution >= 4 is 34.2 Å². The lowest BCUT2D eigenvalue weighted by atomic mass is 9.92. The summed E-state index contributed by atoms with van der Waals surface area (Å²) >= 11 is 6.45. The molecule has 0 aliphatic rings. The summed E-state index contributed by atoms with van der Waals surface area (Å²) in [5.41, 5.74) is 6.80. The third-order valence-electron chi connectivity index (χ3n) is 6.50. The molecule has 6 heteroatoms. The number of nitrogens with one attached hydrogen (secondary N) is 2. The Kier molecular flexibility index (Phi) is 6.96. The number of rotatable bonds is 6. The standard InChI is InChI=1S/C32H31ClN4O/c1-32(2,3)20-30(38)35-27-13-7-5-11-25(27)22-16-18-24(19-17-22)37-29-15-9-8-14-28(29)36(31(37)34)21-23-10-4-6-12-26(23)33/h4-19,34H,20-21H2,1-3H3,(H,35,38). The maximum atomic E-state index is 12.6. The number of carbonyl (C=O) groups is 1. The minimum absolute atomic E-state index is 0.00213. The van der Waals surface area contributed by atoms with E-state index in [1.165, 1.54) is 0 Å². The quantitative estimate of drug-likeness (QED) is 0.236. The second-order valence-corrected chi connectivity index (χ2v) is 11.1. The highest BCUT2D eigenvalue weighted by Crippen LogP contribution is 2.30. The van der Waals surface area contributed by atoms with E-state index in [-0.39, 0.29) is 11.3 Å². The van der Waals surface area contributed by atoms with Crippen molar-refractivity contribution in [1.82, 2.24) is 9.13 Å². The molecule has 1 aromatic heterocycles. The monoisotopic (exact) mass is 522 g/mol. The number of hydrogen-bond acceptors (Lipinski definition) is 2. The molecule has 0 fully saturated rings. The van der Waals surface area contributed by atoms with Crippen molar-refractivity contribution in [1.29, 1.82) is 5.41 Å². The van der Waals surface area contributed by atoms with Crippen molar-refractivity contribution in [3.05, 3.63) is 113 Å². The van der Waals surface area contributed by atoms with Gasteiger partial charge in [-0.1, -0.05) is 93.0 Å². The van der Waals surface area contributed by atoms with E-state index in [2.05, 4.69) is 26.1 Å². The van der Waals surface area contributed by atoms with Crippen LogP contribution in [0.4, 0.5) is 5.69 Å². The summed E-state index contributed by atoms with van der Waals surface area (Å²) in [6, 6.07) is 31.8. The lowest BCUT2D eigenvalue weighted by Crippen LogP contribution is -2.24. The molecule has 0 bridgehead atoms. The molecular weight excluding hydrogens is 492 g/mol. The van der Waals surface area contributed by atoms with Crippen LogP contribution in [0.2, 0.25) is 5.02 Å². The molecule has 1 heterocycles. The van der Waals surface area contributed by atoms with E-state index in [0.717, 1.165) is 39.1 Å². The summed E-state index contributed by atoms with van der Waals surface area (Å²) in [4.78, 5) is 12.6. The molecule has 5 rings (SSSR count). The highest BCUT2D eigenvalue weighted by Gasteiger charge is 2.18. The van der Waals surface area contributed by atoms with E-state index >= 15 is 0 Å². The molecular formula is C32H31ClN4O. The van der Waals surface area contributed by atoms with Gasteiger partial charge in [0.2, 0.25) is 11.5 Å². The maximum Gasteiger partial charge on any atom is 0.224 e. The first-order valence-corrected chi connectivity index (χ1v) is 13.1. The third-order valence-corrected chi connectivity index (χ3v) is 6.86. The lowest BCUT2D eigenvalue weighted by molar-refractivity contribution is -0.117. The van der Waals surface area contributed by atoms with Gasteiger partial charge in [0.05, 0.1) is 17.6 Å². The van der Waals surface area contributed by atoms with Gasteiger partial charge in [0, 0.05) is 28.4 Å². The van der Waals surface area contributed by atoms with Crippen LogP contribution in [0.5, 0.6) is 0 Å². The van der Waals surface area contributed by atoms with Gasteiger partial charge < -0.3 is 9.88 Å². The van der Waals surface area contributed by atoms with Gasteiger partial charge in [-0.2, -0.15) is 0 Å². The van der Waals surface area contributed by atoms with Crippen molar-refractivity contribution in [3.8, 4) is 16.8 Å². The van der Waals surface area contributed by atoms with Gasteiger partial charge in [-0.15, -0.1) is 0 Å². The number of halogens is 1. The lowest BCUT2D eigenvalue weighted by Gasteiger charge is -2.18. The van der Waals surface area contributed by atoms with Crippen LogP contribution in [0.1, 0.15) is 32.8 Å². The van der Waals surface area contributed by atoms with E-state index in [1.54, 1.807) is 0 Å². The van der Waals surface area contributed by atoms with Crippen LogP contribution in [0.15, 0.2) is 97.1 Å². The molecule has 0 saturated carbocycles. The van der Waals surface area contributed by atoms with Crippen molar-refractivity contribution in [2.75, 3.05) is 5.32 Å². The number of anilines is 1. The van der Waals surface area contributed by atoms with E-state index in [4.69, 9.17) is 17.0 Å². The van der Waals surface area contributed by atoms with E-state index < -0.39 is 0 Å². The smallest absolute Gasteiger partial charge is 0.224 e. The van der Waals surface area contributed by atoms with Gasteiger partial charge in [0.15, 0.2) is 0 Å². The summed E-state index contributed by atoms with van der Waals surface area (Å²) in [5, 5.41) is 12.8. The zero-order chi connectivity index (χ0) is 26.9. The second-order valence-electron chi connectivity index (χ2n) is 10.7. The molecule has 38 heavy (non-hydrogen) atoms. The first-order valence-electron chi connectivity index (χ1n) is 12.7.